The number of hydrogen-bond acceptors (Lipinski definition) is 2. The van der Waals surface area contributed by atoms with Crippen LogP contribution in [0, 0.1) is 0 Å². The number of halogens is 1. The number of methoxy groups -OCH3 is 1. The van der Waals surface area contributed by atoms with E-state index in [1.54, 1.807) is 25.3 Å². The van der Waals surface area contributed by atoms with Crippen molar-refractivity contribution >= 4 is 23.2 Å². The number of nitrogens with two attached hydrogens (primary N) is 1. The molecule has 0 aliphatic carbocycles. The highest BCUT2D eigenvalue weighted by Crippen LogP contribution is 2.27. The van der Waals surface area contributed by atoms with E-state index in [1.807, 2.05) is 30.4 Å². The number of carbonyl (C=O) groups excluding carboxylic acids is 1. The number of nitrogens with one attached hydrogen (secondary N) is 1. The van der Waals surface area contributed by atoms with Crippen molar-refractivity contribution in [2.45, 2.75) is 25.9 Å². The van der Waals surface area contributed by atoms with Crippen LogP contribution in [0.4, 0.5) is 5.69 Å². The van der Waals surface area contributed by atoms with Crippen LogP contribution >= 0.6 is 11.6 Å². The van der Waals surface area contributed by atoms with E-state index in [0.29, 0.717) is 16.5 Å². The molecule has 0 aliphatic heterocycles. The molecule has 1 amide bonds. The van der Waals surface area contributed by atoms with Crippen LogP contribution in [0.25, 0.3) is 0 Å². The molecule has 0 spiro atoms. The fourth-order valence-corrected chi connectivity index (χ4v) is 2.58. The van der Waals surface area contributed by atoms with Crippen LogP contribution in [0.2, 0.25) is 5.02 Å². The number of benzene rings is 2. The van der Waals surface area contributed by atoms with Crippen LogP contribution in [0.1, 0.15) is 25.5 Å². The van der Waals surface area contributed by atoms with Gasteiger partial charge in [0.1, 0.15) is 11.8 Å². The minimum absolute atomic E-state index is 0.0895. The molecule has 0 fully saturated rings. The molecule has 0 aliphatic rings. The Balaban J connectivity index is 2.02. The van der Waals surface area contributed by atoms with Gasteiger partial charge in [-0.2, -0.15) is 0 Å². The van der Waals surface area contributed by atoms with Gasteiger partial charge in [-0.3, -0.25) is 4.79 Å². The maximum Gasteiger partial charge on any atom is 0.282 e. The summed E-state index contributed by atoms with van der Waals surface area (Å²) >= 11 is 5.99. The molecule has 2 aromatic rings. The Labute approximate surface area is 141 Å². The predicted molar refractivity (Wildman–Crippen MR) is 92.9 cm³/mol. The molecule has 0 aromatic heterocycles. The molecule has 0 radical (unpaired) electrons. The van der Waals surface area contributed by atoms with Crippen molar-refractivity contribution in [2.24, 2.45) is 0 Å². The molecule has 2 atom stereocenters. The smallest absolute Gasteiger partial charge is 0.282 e. The lowest BCUT2D eigenvalue weighted by Gasteiger charge is -2.17. The Morgan fingerprint density at radius 3 is 2.52 bits per heavy atom. The van der Waals surface area contributed by atoms with Gasteiger partial charge in [-0.15, -0.1) is 0 Å². The van der Waals surface area contributed by atoms with Gasteiger partial charge >= 0.3 is 0 Å². The molecule has 23 heavy (non-hydrogen) atoms. The minimum atomic E-state index is -0.242. The van der Waals surface area contributed by atoms with Crippen LogP contribution in [-0.2, 0) is 4.79 Å². The van der Waals surface area contributed by atoms with Gasteiger partial charge in [0, 0.05) is 10.6 Å². The maximum absolute atomic E-state index is 12.4. The highest BCUT2D eigenvalue weighted by molar-refractivity contribution is 6.31. The maximum atomic E-state index is 12.4. The largest absolute Gasteiger partial charge is 0.495 e. The monoisotopic (exact) mass is 333 g/mol. The minimum Gasteiger partial charge on any atom is -0.495 e. The first kappa shape index (κ1) is 17.3. The summed E-state index contributed by atoms with van der Waals surface area (Å²) in [5.41, 5.74) is 1.77. The highest BCUT2D eigenvalue weighted by atomic mass is 35.5. The van der Waals surface area contributed by atoms with Gasteiger partial charge in [-0.25, -0.2) is 0 Å². The molecule has 2 rings (SSSR count). The Bertz CT molecular complexity index is 661. The number of rotatable bonds is 6. The van der Waals surface area contributed by atoms with Crippen LogP contribution in [0.5, 0.6) is 5.75 Å². The van der Waals surface area contributed by atoms with E-state index in [2.05, 4.69) is 24.4 Å². The van der Waals surface area contributed by atoms with Gasteiger partial charge < -0.3 is 15.4 Å². The number of amides is 1. The molecule has 5 heteroatoms. The SMILES string of the molecule is COc1ccc(Cl)cc1NC(=O)[C@H](C)[NH2+][C@@H](C)c1ccccc1. The van der Waals surface area contributed by atoms with Gasteiger partial charge in [0.2, 0.25) is 0 Å². The first-order valence-corrected chi connectivity index (χ1v) is 7.93. The topological polar surface area (TPSA) is 54.9 Å². The third-order valence-corrected chi connectivity index (χ3v) is 3.97. The number of quaternary nitrogens is 1. The van der Waals surface area contributed by atoms with E-state index in [9.17, 15) is 4.79 Å². The van der Waals surface area contributed by atoms with Crippen LogP contribution in [-0.4, -0.2) is 19.1 Å². The second kappa shape index (κ2) is 7.99. The fraction of sp³-hybridized carbons (Fsp3) is 0.278. The zero-order valence-corrected chi connectivity index (χ0v) is 14.3. The summed E-state index contributed by atoms with van der Waals surface area (Å²) in [6, 6.07) is 15.2. The Morgan fingerprint density at radius 2 is 1.87 bits per heavy atom. The average Bonchev–Trinajstić information content (AvgIpc) is 2.55. The van der Waals surface area contributed by atoms with E-state index < -0.39 is 0 Å². The number of ether oxygens (including phenoxy) is 1. The summed E-state index contributed by atoms with van der Waals surface area (Å²) < 4.78 is 5.25. The first-order valence-electron chi connectivity index (χ1n) is 7.55. The van der Waals surface area contributed by atoms with Crippen molar-refractivity contribution in [1.82, 2.24) is 0 Å². The molecule has 4 nitrogen and oxygen atoms in total. The lowest BCUT2D eigenvalue weighted by atomic mass is 10.1. The zero-order valence-electron chi connectivity index (χ0n) is 13.5. The third kappa shape index (κ3) is 4.71. The van der Waals surface area contributed by atoms with Gasteiger partial charge in [0.25, 0.3) is 5.91 Å². The standard InChI is InChI=1S/C18H21ClN2O2/c1-12(14-7-5-4-6-8-14)20-13(2)18(22)21-16-11-15(19)9-10-17(16)23-3/h4-13,20H,1-3H3,(H,21,22)/p+1/t12-,13-/m0/s1. The summed E-state index contributed by atoms with van der Waals surface area (Å²) in [4.78, 5) is 12.4. The molecule has 0 saturated heterocycles. The summed E-state index contributed by atoms with van der Waals surface area (Å²) in [5, 5.41) is 5.46. The van der Waals surface area contributed by atoms with E-state index in [4.69, 9.17) is 16.3 Å². The van der Waals surface area contributed by atoms with E-state index in [1.165, 1.54) is 5.56 Å². The Kier molecular flexibility index (Phi) is 6.02. The number of hydrogen-bond donors (Lipinski definition) is 2. The molecular weight excluding hydrogens is 312 g/mol. The Hall–Kier alpha value is -2.04. The van der Waals surface area contributed by atoms with Crippen LogP contribution in [0.15, 0.2) is 48.5 Å². The second-order valence-corrected chi connectivity index (χ2v) is 5.95. The lowest BCUT2D eigenvalue weighted by Crippen LogP contribution is -2.91. The van der Waals surface area contributed by atoms with Gasteiger partial charge in [-0.1, -0.05) is 41.9 Å². The number of carbonyl (C=O) groups is 1. The quantitative estimate of drug-likeness (QED) is 0.853. The van der Waals surface area contributed by atoms with Crippen molar-refractivity contribution in [3.05, 3.63) is 59.1 Å². The molecule has 0 unspecified atom stereocenters. The van der Waals surface area contributed by atoms with E-state index >= 15 is 0 Å². The van der Waals surface area contributed by atoms with Crippen molar-refractivity contribution in [3.63, 3.8) is 0 Å². The van der Waals surface area contributed by atoms with E-state index in [-0.39, 0.29) is 18.0 Å². The van der Waals surface area contributed by atoms with Gasteiger partial charge in [-0.05, 0) is 32.0 Å². The van der Waals surface area contributed by atoms with Crippen molar-refractivity contribution in [2.75, 3.05) is 12.4 Å². The highest BCUT2D eigenvalue weighted by Gasteiger charge is 2.21. The molecule has 0 heterocycles. The average molecular weight is 334 g/mol. The van der Waals surface area contributed by atoms with E-state index in [0.717, 1.165) is 0 Å². The zero-order chi connectivity index (χ0) is 16.8. The molecule has 122 valence electrons. The summed E-state index contributed by atoms with van der Waals surface area (Å²) in [5.74, 6) is 0.499. The van der Waals surface area contributed by atoms with Crippen molar-refractivity contribution < 1.29 is 14.8 Å². The molecule has 0 saturated carbocycles. The van der Waals surface area contributed by atoms with Crippen LogP contribution in [0.3, 0.4) is 0 Å². The van der Waals surface area contributed by atoms with Gasteiger partial charge in [0.05, 0.1) is 12.8 Å². The Morgan fingerprint density at radius 1 is 1.17 bits per heavy atom. The van der Waals surface area contributed by atoms with Crippen LogP contribution < -0.4 is 15.4 Å². The molecule has 2 aromatic carbocycles. The first-order chi connectivity index (χ1) is 11.0. The summed E-state index contributed by atoms with van der Waals surface area (Å²) in [6.07, 6.45) is 0. The third-order valence-electron chi connectivity index (χ3n) is 3.74. The van der Waals surface area contributed by atoms with Gasteiger partial charge in [0.15, 0.2) is 6.04 Å². The van der Waals surface area contributed by atoms with Crippen molar-refractivity contribution in [1.29, 1.82) is 0 Å². The predicted octanol–water partition coefficient (Wildman–Crippen LogP) is 3.00. The number of anilines is 1. The molecule has 0 bridgehead atoms. The van der Waals surface area contributed by atoms with Crippen molar-refractivity contribution in [3.8, 4) is 5.75 Å². The second-order valence-electron chi connectivity index (χ2n) is 5.51. The molecule has 3 N–H and O–H groups in total. The summed E-state index contributed by atoms with van der Waals surface area (Å²) in [6.45, 7) is 3.96. The molecular formula is C18H22ClN2O2+. The summed E-state index contributed by atoms with van der Waals surface area (Å²) in [7, 11) is 1.56. The fourth-order valence-electron chi connectivity index (χ4n) is 2.41. The normalized spacial score (nSPS) is 13.2. The lowest BCUT2D eigenvalue weighted by molar-refractivity contribution is -0.709.